The Morgan fingerprint density at radius 1 is 1.47 bits per heavy atom. The van der Waals surface area contributed by atoms with Crippen LogP contribution in [0, 0.1) is 21.7 Å². The fraction of sp³-hybridized carbons (Fsp3) is 0. The highest BCUT2D eigenvalue weighted by molar-refractivity contribution is 9.10. The van der Waals surface area contributed by atoms with Gasteiger partial charge in [0.25, 0.3) is 0 Å². The van der Waals surface area contributed by atoms with Gasteiger partial charge in [-0.2, -0.15) is 9.49 Å². The molecule has 2 rings (SSSR count). The summed E-state index contributed by atoms with van der Waals surface area (Å²) in [4.78, 5) is 9.76. The molecule has 0 fully saturated rings. The van der Waals surface area contributed by atoms with Gasteiger partial charge in [-0.3, -0.25) is 10.1 Å². The Labute approximate surface area is 102 Å². The van der Waals surface area contributed by atoms with Crippen molar-refractivity contribution in [3.63, 3.8) is 0 Å². The number of nitrogens with zero attached hydrogens (tertiary/aromatic N) is 3. The molecule has 0 bridgehead atoms. The second-order valence-electron chi connectivity index (χ2n) is 3.06. The van der Waals surface area contributed by atoms with Gasteiger partial charge in [0.15, 0.2) is 11.5 Å². The second kappa shape index (κ2) is 4.21. The minimum absolute atomic E-state index is 0.203. The number of aromatic nitrogens is 2. The van der Waals surface area contributed by atoms with Crippen LogP contribution in [0.2, 0.25) is 0 Å². The highest BCUT2D eigenvalue weighted by atomic mass is 79.9. The molecule has 0 aliphatic carbocycles. The van der Waals surface area contributed by atoms with Crippen LogP contribution >= 0.6 is 15.9 Å². The van der Waals surface area contributed by atoms with Gasteiger partial charge in [-0.25, -0.2) is 9.07 Å². The number of nitro groups is 1. The lowest BCUT2D eigenvalue weighted by atomic mass is 10.2. The van der Waals surface area contributed by atoms with E-state index >= 15 is 0 Å². The number of benzene rings is 1. The first-order valence-electron chi connectivity index (χ1n) is 4.34. The summed E-state index contributed by atoms with van der Waals surface area (Å²) in [6.45, 7) is 0. The van der Waals surface area contributed by atoms with Gasteiger partial charge in [0.1, 0.15) is 0 Å². The molecule has 0 spiro atoms. The van der Waals surface area contributed by atoms with E-state index in [9.17, 15) is 18.9 Å². The molecule has 0 atom stereocenters. The highest BCUT2D eigenvalue weighted by Crippen LogP contribution is 2.33. The average Bonchev–Trinajstić information content (AvgIpc) is 2.75. The van der Waals surface area contributed by atoms with Crippen LogP contribution in [0.15, 0.2) is 29.0 Å². The Morgan fingerprint density at radius 2 is 2.18 bits per heavy atom. The van der Waals surface area contributed by atoms with Crippen molar-refractivity contribution in [3.8, 4) is 5.69 Å². The summed E-state index contributed by atoms with van der Waals surface area (Å²) < 4.78 is 27.9. The highest BCUT2D eigenvalue weighted by Gasteiger charge is 2.28. The maximum absolute atomic E-state index is 13.8. The maximum Gasteiger partial charge on any atom is 0.333 e. The van der Waals surface area contributed by atoms with Crippen LogP contribution in [0.5, 0.6) is 0 Å². The third kappa shape index (κ3) is 1.91. The number of hydrogen-bond acceptors (Lipinski definition) is 3. The van der Waals surface area contributed by atoms with Crippen LogP contribution < -0.4 is 0 Å². The molecule has 2 aromatic rings. The molecule has 0 radical (unpaired) electrons. The average molecular weight is 304 g/mol. The first-order chi connectivity index (χ1) is 8.02. The van der Waals surface area contributed by atoms with Crippen LogP contribution in [-0.2, 0) is 0 Å². The minimum Gasteiger partial charge on any atom is -0.258 e. The summed E-state index contributed by atoms with van der Waals surface area (Å²) in [6.07, 6.45) is 2.60. The number of rotatable bonds is 2. The summed E-state index contributed by atoms with van der Waals surface area (Å²) in [7, 11) is 0. The van der Waals surface area contributed by atoms with Gasteiger partial charge in [0.2, 0.25) is 5.82 Å². The molecule has 0 unspecified atom stereocenters. The molecule has 0 aliphatic heterocycles. The molecule has 1 heterocycles. The molecule has 0 saturated heterocycles. The van der Waals surface area contributed by atoms with Gasteiger partial charge < -0.3 is 0 Å². The van der Waals surface area contributed by atoms with Crippen molar-refractivity contribution in [2.24, 2.45) is 0 Å². The van der Waals surface area contributed by atoms with E-state index in [-0.39, 0.29) is 4.47 Å². The normalized spacial score (nSPS) is 10.5. The predicted octanol–water partition coefficient (Wildman–Crippen LogP) is 2.82. The number of halogens is 3. The van der Waals surface area contributed by atoms with Crippen LogP contribution in [0.3, 0.4) is 0 Å². The molecule has 88 valence electrons. The molecule has 0 amide bonds. The second-order valence-corrected chi connectivity index (χ2v) is 3.91. The van der Waals surface area contributed by atoms with E-state index in [0.717, 1.165) is 4.68 Å². The molecule has 0 aliphatic rings. The number of nitro benzene ring substituents is 1. The van der Waals surface area contributed by atoms with Gasteiger partial charge in [0, 0.05) is 12.4 Å². The van der Waals surface area contributed by atoms with E-state index in [4.69, 9.17) is 0 Å². The van der Waals surface area contributed by atoms with E-state index in [2.05, 4.69) is 21.0 Å². The molecular weight excluding hydrogens is 300 g/mol. The smallest absolute Gasteiger partial charge is 0.258 e. The van der Waals surface area contributed by atoms with E-state index < -0.39 is 27.9 Å². The Balaban J connectivity index is 2.83. The van der Waals surface area contributed by atoms with E-state index in [0.29, 0.717) is 6.07 Å². The van der Waals surface area contributed by atoms with Gasteiger partial charge in [0.05, 0.1) is 9.40 Å². The molecule has 5 nitrogen and oxygen atoms in total. The zero-order chi connectivity index (χ0) is 12.6. The monoisotopic (exact) mass is 303 g/mol. The van der Waals surface area contributed by atoms with Crippen molar-refractivity contribution in [2.75, 3.05) is 0 Å². The van der Waals surface area contributed by atoms with Gasteiger partial charge >= 0.3 is 5.69 Å². The fourth-order valence-corrected chi connectivity index (χ4v) is 1.75. The molecule has 0 saturated carbocycles. The lowest BCUT2D eigenvalue weighted by Gasteiger charge is -2.06. The summed E-state index contributed by atoms with van der Waals surface area (Å²) in [5, 5.41) is 14.4. The molecule has 17 heavy (non-hydrogen) atoms. The van der Waals surface area contributed by atoms with Crippen molar-refractivity contribution >= 4 is 21.6 Å². The van der Waals surface area contributed by atoms with Gasteiger partial charge in [-0.05, 0) is 28.1 Å². The van der Waals surface area contributed by atoms with Crippen molar-refractivity contribution in [1.82, 2.24) is 9.78 Å². The lowest BCUT2D eigenvalue weighted by molar-refractivity contribution is -0.387. The van der Waals surface area contributed by atoms with Crippen LogP contribution in [0.25, 0.3) is 5.69 Å². The third-order valence-corrected chi connectivity index (χ3v) is 2.61. The molecule has 1 aromatic carbocycles. The van der Waals surface area contributed by atoms with Crippen molar-refractivity contribution in [3.05, 3.63) is 50.7 Å². The third-order valence-electron chi connectivity index (χ3n) is 2.04. The van der Waals surface area contributed by atoms with Crippen molar-refractivity contribution in [2.45, 2.75) is 0 Å². The van der Waals surface area contributed by atoms with Gasteiger partial charge in [-0.15, -0.1) is 0 Å². The van der Waals surface area contributed by atoms with E-state index in [1.807, 2.05) is 0 Å². The molecule has 0 N–H and O–H groups in total. The van der Waals surface area contributed by atoms with E-state index in [1.165, 1.54) is 18.5 Å². The van der Waals surface area contributed by atoms with E-state index in [1.54, 1.807) is 0 Å². The van der Waals surface area contributed by atoms with Crippen molar-refractivity contribution < 1.29 is 13.7 Å². The Morgan fingerprint density at radius 3 is 2.71 bits per heavy atom. The first-order valence-corrected chi connectivity index (χ1v) is 5.13. The van der Waals surface area contributed by atoms with Crippen LogP contribution in [0.4, 0.5) is 14.5 Å². The summed E-state index contributed by atoms with van der Waals surface area (Å²) in [5.41, 5.74) is -1.48. The predicted molar refractivity (Wildman–Crippen MR) is 57.8 cm³/mol. The summed E-state index contributed by atoms with van der Waals surface area (Å²) in [6, 6.07) is 2.16. The van der Waals surface area contributed by atoms with Crippen molar-refractivity contribution in [1.29, 1.82) is 0 Å². The largest absolute Gasteiger partial charge is 0.333 e. The standard InChI is InChI=1S/C9H4BrF2N3O2/c10-5-4-6(11)8(15(16)17)9(7(5)12)14-3-1-2-13-14/h1-4H. The summed E-state index contributed by atoms with van der Waals surface area (Å²) in [5.74, 6) is -2.07. The van der Waals surface area contributed by atoms with Crippen LogP contribution in [-0.4, -0.2) is 14.7 Å². The Kier molecular flexibility index (Phi) is 2.88. The van der Waals surface area contributed by atoms with Gasteiger partial charge in [-0.1, -0.05) is 0 Å². The Bertz CT molecular complexity index is 586. The molecular formula is C9H4BrF2N3O2. The zero-order valence-electron chi connectivity index (χ0n) is 8.10. The molecule has 8 heteroatoms. The lowest BCUT2D eigenvalue weighted by Crippen LogP contribution is -2.06. The quantitative estimate of drug-likeness (QED) is 0.487. The molecule has 1 aromatic heterocycles. The first kappa shape index (κ1) is 11.6. The number of hydrogen-bond donors (Lipinski definition) is 0. The fourth-order valence-electron chi connectivity index (χ4n) is 1.36. The Hall–Kier alpha value is -1.83. The topological polar surface area (TPSA) is 61.0 Å². The maximum atomic E-state index is 13.8. The zero-order valence-corrected chi connectivity index (χ0v) is 9.69. The SMILES string of the molecule is O=[N+]([O-])c1c(F)cc(Br)c(F)c1-n1cccn1. The summed E-state index contributed by atoms with van der Waals surface area (Å²) >= 11 is 2.79. The minimum atomic E-state index is -1.13. The van der Waals surface area contributed by atoms with Crippen LogP contribution in [0.1, 0.15) is 0 Å².